The summed E-state index contributed by atoms with van der Waals surface area (Å²) in [6, 6.07) is 0. The van der Waals surface area contributed by atoms with E-state index in [9.17, 15) is 4.79 Å². The van der Waals surface area contributed by atoms with Gasteiger partial charge in [0.2, 0.25) is 5.91 Å². The van der Waals surface area contributed by atoms with Crippen LogP contribution >= 0.6 is 12.2 Å². The quantitative estimate of drug-likeness (QED) is 0.742. The number of amides is 1. The number of primary amides is 1. The Balaban J connectivity index is 1.75. The molecule has 140 valence electrons. The molecule has 3 heterocycles. The van der Waals surface area contributed by atoms with Crippen LogP contribution in [0.3, 0.4) is 0 Å². The smallest absolute Gasteiger partial charge is 0.217 e. The molecule has 1 amide bonds. The van der Waals surface area contributed by atoms with E-state index in [1.807, 2.05) is 9.25 Å². The van der Waals surface area contributed by atoms with Crippen molar-refractivity contribution in [3.63, 3.8) is 0 Å². The summed E-state index contributed by atoms with van der Waals surface area (Å²) in [5.74, 6) is 1.33. The molecule has 1 atom stereocenters. The molecule has 0 spiro atoms. The zero-order valence-corrected chi connectivity index (χ0v) is 15.8. The fraction of sp³-hybridized carbons (Fsp3) is 0.824. The Morgan fingerprint density at radius 1 is 1.36 bits per heavy atom. The molecule has 0 aromatic carbocycles. The average Bonchev–Trinajstić information content (AvgIpc) is 3.19. The number of nitrogens with zero attached hydrogens (tertiary/aromatic N) is 4. The summed E-state index contributed by atoms with van der Waals surface area (Å²) in [5.41, 5.74) is 5.32. The highest BCUT2D eigenvalue weighted by atomic mass is 32.1. The Kier molecular flexibility index (Phi) is 6.24. The van der Waals surface area contributed by atoms with Crippen LogP contribution in [0, 0.1) is 10.7 Å². The molecule has 2 N–H and O–H groups in total. The Morgan fingerprint density at radius 2 is 2.12 bits per heavy atom. The van der Waals surface area contributed by atoms with Crippen LogP contribution in [0.1, 0.15) is 44.9 Å². The minimum atomic E-state index is -0.311. The van der Waals surface area contributed by atoms with Gasteiger partial charge in [0.25, 0.3) is 0 Å². The van der Waals surface area contributed by atoms with E-state index in [1.54, 1.807) is 0 Å². The topological polar surface area (TPSA) is 78.3 Å². The maximum Gasteiger partial charge on any atom is 0.217 e. The number of carbonyl (C=O) groups excluding carboxylic acids is 1. The third kappa shape index (κ3) is 4.89. The second-order valence-electron chi connectivity index (χ2n) is 7.35. The number of aryl methyl sites for hydroxylation is 1. The Hall–Kier alpha value is -1.25. The maximum absolute atomic E-state index is 11.2. The molecule has 1 aromatic rings. The summed E-state index contributed by atoms with van der Waals surface area (Å²) >= 11 is 5.68. The van der Waals surface area contributed by atoms with Gasteiger partial charge in [0, 0.05) is 32.5 Å². The Morgan fingerprint density at radius 3 is 2.76 bits per heavy atom. The summed E-state index contributed by atoms with van der Waals surface area (Å²) in [6.45, 7) is 6.71. The average molecular weight is 368 g/mol. The molecule has 0 unspecified atom stereocenters. The first-order valence-electron chi connectivity index (χ1n) is 9.31. The van der Waals surface area contributed by atoms with E-state index in [0.29, 0.717) is 30.8 Å². The third-order valence-corrected chi connectivity index (χ3v) is 5.65. The minimum Gasteiger partial charge on any atom is -0.376 e. The number of hydrogen-bond donors (Lipinski definition) is 1. The molecule has 2 aliphatic rings. The van der Waals surface area contributed by atoms with Crippen molar-refractivity contribution in [2.45, 2.75) is 64.8 Å². The van der Waals surface area contributed by atoms with E-state index < -0.39 is 0 Å². The first-order chi connectivity index (χ1) is 12.0. The lowest BCUT2D eigenvalue weighted by Crippen LogP contribution is -2.34. The van der Waals surface area contributed by atoms with Gasteiger partial charge < -0.3 is 15.0 Å². The predicted octanol–water partition coefficient (Wildman–Crippen LogP) is 1.70. The van der Waals surface area contributed by atoms with Crippen molar-refractivity contribution in [3.8, 4) is 0 Å². The minimum absolute atomic E-state index is 0.188. The SMILES string of the molecule is CC1CCN(Cn2nc(CCC(N)=O)n(C[C@H]3CCCO3)c2=S)CC1. The standard InChI is InChI=1S/C17H29N5O2S/c1-13-6-8-20(9-7-13)12-22-17(25)21(11-14-3-2-10-24-14)16(19-22)5-4-15(18)23/h13-14H,2-12H2,1H3,(H2,18,23)/t14-/m1/s1. The zero-order valence-electron chi connectivity index (χ0n) is 15.0. The van der Waals surface area contributed by atoms with Gasteiger partial charge in [-0.1, -0.05) is 6.92 Å². The van der Waals surface area contributed by atoms with Crippen LogP contribution in [-0.2, 0) is 29.2 Å². The van der Waals surface area contributed by atoms with Crippen molar-refractivity contribution in [2.24, 2.45) is 11.7 Å². The lowest BCUT2D eigenvalue weighted by molar-refractivity contribution is -0.118. The molecule has 0 radical (unpaired) electrons. The van der Waals surface area contributed by atoms with Crippen molar-refractivity contribution >= 4 is 18.1 Å². The number of aromatic nitrogens is 3. The van der Waals surface area contributed by atoms with Gasteiger partial charge in [-0.2, -0.15) is 5.10 Å². The molecule has 1 aromatic heterocycles. The van der Waals surface area contributed by atoms with Crippen LogP contribution in [-0.4, -0.2) is 51.0 Å². The van der Waals surface area contributed by atoms with Crippen LogP contribution in [0.15, 0.2) is 0 Å². The normalized spacial score (nSPS) is 22.5. The van der Waals surface area contributed by atoms with Crippen LogP contribution in [0.2, 0.25) is 0 Å². The number of hydrogen-bond acceptors (Lipinski definition) is 5. The summed E-state index contributed by atoms with van der Waals surface area (Å²) in [5, 5.41) is 4.71. The van der Waals surface area contributed by atoms with Gasteiger partial charge in [-0.3, -0.25) is 9.69 Å². The summed E-state index contributed by atoms with van der Waals surface area (Å²) in [6.07, 6.45) is 5.58. The van der Waals surface area contributed by atoms with Gasteiger partial charge >= 0.3 is 0 Å². The van der Waals surface area contributed by atoms with E-state index in [4.69, 9.17) is 27.8 Å². The largest absolute Gasteiger partial charge is 0.376 e. The van der Waals surface area contributed by atoms with Crippen molar-refractivity contribution in [2.75, 3.05) is 19.7 Å². The van der Waals surface area contributed by atoms with Gasteiger partial charge in [0.05, 0.1) is 19.3 Å². The van der Waals surface area contributed by atoms with Crippen LogP contribution in [0.5, 0.6) is 0 Å². The number of rotatable bonds is 7. The number of nitrogens with two attached hydrogens (primary N) is 1. The molecule has 25 heavy (non-hydrogen) atoms. The lowest BCUT2D eigenvalue weighted by Gasteiger charge is -2.29. The highest BCUT2D eigenvalue weighted by Gasteiger charge is 2.22. The fourth-order valence-corrected chi connectivity index (χ4v) is 3.84. The molecule has 3 rings (SSSR count). The van der Waals surface area contributed by atoms with E-state index in [2.05, 4.69) is 11.8 Å². The van der Waals surface area contributed by atoms with Gasteiger partial charge in [-0.25, -0.2) is 4.68 Å². The number of ether oxygens (including phenoxy) is 1. The zero-order chi connectivity index (χ0) is 17.8. The molecule has 0 bridgehead atoms. The maximum atomic E-state index is 11.2. The van der Waals surface area contributed by atoms with Crippen LogP contribution < -0.4 is 5.73 Å². The van der Waals surface area contributed by atoms with Crippen LogP contribution in [0.4, 0.5) is 0 Å². The van der Waals surface area contributed by atoms with Crippen molar-refractivity contribution in [1.29, 1.82) is 0 Å². The van der Waals surface area contributed by atoms with Crippen LogP contribution in [0.25, 0.3) is 0 Å². The highest BCUT2D eigenvalue weighted by molar-refractivity contribution is 7.71. The van der Waals surface area contributed by atoms with Crippen molar-refractivity contribution in [1.82, 2.24) is 19.2 Å². The second kappa shape index (κ2) is 8.42. The van der Waals surface area contributed by atoms with Gasteiger partial charge in [-0.15, -0.1) is 0 Å². The van der Waals surface area contributed by atoms with E-state index in [0.717, 1.165) is 44.3 Å². The van der Waals surface area contributed by atoms with E-state index >= 15 is 0 Å². The first kappa shape index (κ1) is 18.5. The summed E-state index contributed by atoms with van der Waals surface area (Å²) in [4.78, 5) is 13.6. The van der Waals surface area contributed by atoms with Crippen molar-refractivity contribution in [3.05, 3.63) is 10.6 Å². The molecular formula is C17H29N5O2S. The first-order valence-corrected chi connectivity index (χ1v) is 9.72. The molecule has 0 aliphatic carbocycles. The number of piperidine rings is 1. The monoisotopic (exact) mass is 367 g/mol. The molecule has 8 heteroatoms. The Labute approximate surface area is 154 Å². The van der Waals surface area contributed by atoms with Crippen molar-refractivity contribution < 1.29 is 9.53 Å². The number of likely N-dealkylation sites (tertiary alicyclic amines) is 1. The molecule has 2 fully saturated rings. The fourth-order valence-electron chi connectivity index (χ4n) is 3.57. The van der Waals surface area contributed by atoms with E-state index in [1.165, 1.54) is 12.8 Å². The van der Waals surface area contributed by atoms with E-state index in [-0.39, 0.29) is 12.0 Å². The molecule has 2 saturated heterocycles. The summed E-state index contributed by atoms with van der Waals surface area (Å²) < 4.78 is 10.4. The summed E-state index contributed by atoms with van der Waals surface area (Å²) in [7, 11) is 0. The number of carbonyl (C=O) groups is 1. The molecule has 7 nitrogen and oxygen atoms in total. The highest BCUT2D eigenvalue weighted by Crippen LogP contribution is 2.18. The molecule has 2 aliphatic heterocycles. The predicted molar refractivity (Wildman–Crippen MR) is 97.5 cm³/mol. The van der Waals surface area contributed by atoms with Gasteiger partial charge in [0.1, 0.15) is 5.82 Å². The molecular weight excluding hydrogens is 338 g/mol. The second-order valence-corrected chi connectivity index (χ2v) is 7.72. The lowest BCUT2D eigenvalue weighted by atomic mass is 10.00. The molecule has 0 saturated carbocycles. The Bertz CT molecular complexity index is 642. The third-order valence-electron chi connectivity index (χ3n) is 5.21. The van der Waals surface area contributed by atoms with Gasteiger partial charge in [-0.05, 0) is 43.8 Å². The van der Waals surface area contributed by atoms with Gasteiger partial charge in [0.15, 0.2) is 4.77 Å².